The highest BCUT2D eigenvalue weighted by molar-refractivity contribution is 5.90. The summed E-state index contributed by atoms with van der Waals surface area (Å²) in [5.74, 6) is -1.01. The second kappa shape index (κ2) is 4.97. The zero-order chi connectivity index (χ0) is 13.1. The number of anilines is 1. The molecule has 0 amide bonds. The fraction of sp³-hybridized carbons (Fsp3) is 0.250. The van der Waals surface area contributed by atoms with Crippen molar-refractivity contribution in [3.05, 3.63) is 30.1 Å². The number of aliphatic hydroxyl groups is 1. The number of hydrogen-bond acceptors (Lipinski definition) is 6. The zero-order valence-electron chi connectivity index (χ0n) is 9.75. The van der Waals surface area contributed by atoms with Crippen LogP contribution in [0.3, 0.4) is 0 Å². The van der Waals surface area contributed by atoms with Crippen molar-refractivity contribution in [3.63, 3.8) is 0 Å². The first-order valence-corrected chi connectivity index (χ1v) is 5.41. The highest BCUT2D eigenvalue weighted by Crippen LogP contribution is 2.20. The van der Waals surface area contributed by atoms with Gasteiger partial charge in [-0.05, 0) is 19.1 Å². The molecule has 0 aliphatic carbocycles. The quantitative estimate of drug-likeness (QED) is 0.752. The molecule has 0 fully saturated rings. The van der Waals surface area contributed by atoms with E-state index >= 15 is 0 Å². The van der Waals surface area contributed by atoms with Crippen molar-refractivity contribution in [3.8, 4) is 0 Å². The Morgan fingerprint density at radius 2 is 2.28 bits per heavy atom. The van der Waals surface area contributed by atoms with Gasteiger partial charge in [-0.25, -0.2) is 9.97 Å². The Bertz CT molecular complexity index is 586. The number of nitrogens with one attached hydrogen (secondary N) is 1. The van der Waals surface area contributed by atoms with Gasteiger partial charge in [-0.1, -0.05) is 11.6 Å². The number of carbonyl (C=O) groups excluding carboxylic acids is 1. The summed E-state index contributed by atoms with van der Waals surface area (Å²) in [5.41, 5.74) is 1.71. The molecule has 0 aliphatic rings. The molecule has 0 saturated carbocycles. The number of nitrogens with zero attached hydrogens (tertiary/aromatic N) is 2. The van der Waals surface area contributed by atoms with E-state index in [0.717, 1.165) is 5.56 Å². The molecule has 1 aromatic heterocycles. The number of aliphatic hydroxyl groups excluding tert-OH is 1. The normalized spacial score (nSPS) is 12.3. The number of carboxylic acids is 1. The van der Waals surface area contributed by atoms with E-state index in [9.17, 15) is 9.90 Å². The van der Waals surface area contributed by atoms with Gasteiger partial charge in [-0.3, -0.25) is 0 Å². The number of aryl methyl sites for hydroxylation is 1. The maximum absolute atomic E-state index is 10.8. The average molecular weight is 246 g/mol. The molecule has 2 rings (SSSR count). The molecule has 0 aliphatic heterocycles. The van der Waals surface area contributed by atoms with Gasteiger partial charge in [0.05, 0.1) is 24.1 Å². The standard InChI is InChI=1S/C12H13N3O3/c1-7-2-3-9-8(4-7)11(14-6-13-9)15-10(5-16)12(17)18/h2-4,6,10,16H,5H2,1H3,(H,17,18)(H,13,14,15)/p-1/t10-/m0/s1. The maximum Gasteiger partial charge on any atom is 0.137 e. The van der Waals surface area contributed by atoms with E-state index in [0.29, 0.717) is 16.7 Å². The van der Waals surface area contributed by atoms with Crippen LogP contribution >= 0.6 is 0 Å². The van der Waals surface area contributed by atoms with Crippen molar-refractivity contribution < 1.29 is 15.0 Å². The topological polar surface area (TPSA) is 98.2 Å². The van der Waals surface area contributed by atoms with Crippen LogP contribution in [0.4, 0.5) is 5.82 Å². The molecule has 1 atom stereocenters. The molecule has 1 aromatic carbocycles. The van der Waals surface area contributed by atoms with Crippen LogP contribution in [0.5, 0.6) is 0 Å². The third-order valence-corrected chi connectivity index (χ3v) is 2.57. The molecule has 0 saturated heterocycles. The minimum atomic E-state index is -1.38. The second-order valence-electron chi connectivity index (χ2n) is 3.94. The Kier molecular flexibility index (Phi) is 3.38. The Morgan fingerprint density at radius 1 is 1.50 bits per heavy atom. The average Bonchev–Trinajstić information content (AvgIpc) is 2.35. The summed E-state index contributed by atoms with van der Waals surface area (Å²) in [5, 5.41) is 23.1. The summed E-state index contributed by atoms with van der Waals surface area (Å²) in [6.07, 6.45) is 1.34. The van der Waals surface area contributed by atoms with Gasteiger partial charge in [0.2, 0.25) is 0 Å². The van der Waals surface area contributed by atoms with Crippen LogP contribution in [0.15, 0.2) is 24.5 Å². The zero-order valence-corrected chi connectivity index (χ0v) is 9.75. The van der Waals surface area contributed by atoms with Crippen molar-refractivity contribution in [1.29, 1.82) is 0 Å². The molecule has 6 nitrogen and oxygen atoms in total. The van der Waals surface area contributed by atoms with Gasteiger partial charge in [-0.15, -0.1) is 0 Å². The molecule has 94 valence electrons. The predicted molar refractivity (Wildman–Crippen MR) is 63.8 cm³/mol. The third kappa shape index (κ3) is 2.38. The molecule has 0 bridgehead atoms. The first-order chi connectivity index (χ1) is 8.61. The fourth-order valence-electron chi connectivity index (χ4n) is 1.63. The minimum Gasteiger partial charge on any atom is -0.548 e. The van der Waals surface area contributed by atoms with Crippen molar-refractivity contribution in [2.24, 2.45) is 0 Å². The molecule has 0 spiro atoms. The predicted octanol–water partition coefficient (Wildman–Crippen LogP) is -0.539. The van der Waals surface area contributed by atoms with Crippen LogP contribution in [-0.4, -0.2) is 33.7 Å². The third-order valence-electron chi connectivity index (χ3n) is 2.57. The molecular weight excluding hydrogens is 234 g/mol. The lowest BCUT2D eigenvalue weighted by Crippen LogP contribution is -2.43. The maximum atomic E-state index is 10.8. The van der Waals surface area contributed by atoms with Crippen molar-refractivity contribution in [2.45, 2.75) is 13.0 Å². The molecule has 2 N–H and O–H groups in total. The molecule has 2 aromatic rings. The van der Waals surface area contributed by atoms with Crippen LogP contribution in [0, 0.1) is 6.92 Å². The Balaban J connectivity index is 2.44. The Hall–Kier alpha value is -2.21. The fourth-order valence-corrected chi connectivity index (χ4v) is 1.63. The van der Waals surface area contributed by atoms with E-state index in [1.165, 1.54) is 6.33 Å². The van der Waals surface area contributed by atoms with Gasteiger partial charge < -0.3 is 20.3 Å². The number of carbonyl (C=O) groups is 1. The number of hydrogen-bond donors (Lipinski definition) is 2. The molecule has 6 heteroatoms. The number of benzene rings is 1. The Morgan fingerprint density at radius 3 is 2.94 bits per heavy atom. The highest BCUT2D eigenvalue weighted by Gasteiger charge is 2.11. The van der Waals surface area contributed by atoms with E-state index in [1.54, 1.807) is 0 Å². The molecule has 18 heavy (non-hydrogen) atoms. The summed E-state index contributed by atoms with van der Waals surface area (Å²) in [6.45, 7) is 1.35. The van der Waals surface area contributed by atoms with E-state index in [4.69, 9.17) is 5.11 Å². The van der Waals surface area contributed by atoms with E-state index in [1.807, 2.05) is 25.1 Å². The van der Waals surface area contributed by atoms with Crippen LogP contribution in [0.25, 0.3) is 10.9 Å². The van der Waals surface area contributed by atoms with E-state index < -0.39 is 18.6 Å². The van der Waals surface area contributed by atoms with E-state index in [2.05, 4.69) is 15.3 Å². The van der Waals surface area contributed by atoms with Crippen molar-refractivity contribution >= 4 is 22.7 Å². The van der Waals surface area contributed by atoms with Crippen LogP contribution in [-0.2, 0) is 4.79 Å². The number of rotatable bonds is 4. The van der Waals surface area contributed by atoms with Crippen LogP contribution < -0.4 is 10.4 Å². The number of aliphatic carboxylic acids is 1. The smallest absolute Gasteiger partial charge is 0.137 e. The van der Waals surface area contributed by atoms with Gasteiger partial charge >= 0.3 is 0 Å². The number of fused-ring (bicyclic) bond motifs is 1. The van der Waals surface area contributed by atoms with Crippen molar-refractivity contribution in [2.75, 3.05) is 11.9 Å². The van der Waals surface area contributed by atoms with Crippen molar-refractivity contribution in [1.82, 2.24) is 9.97 Å². The lowest BCUT2D eigenvalue weighted by molar-refractivity contribution is -0.307. The van der Waals surface area contributed by atoms with Gasteiger partial charge in [0.1, 0.15) is 12.1 Å². The monoisotopic (exact) mass is 246 g/mol. The summed E-state index contributed by atoms with van der Waals surface area (Å²) < 4.78 is 0. The lowest BCUT2D eigenvalue weighted by Gasteiger charge is -2.18. The number of carboxylic acid groups (broad SMARTS) is 1. The van der Waals surface area contributed by atoms with Gasteiger partial charge in [0, 0.05) is 5.39 Å². The van der Waals surface area contributed by atoms with Gasteiger partial charge in [0.25, 0.3) is 0 Å². The molecule has 1 heterocycles. The number of aromatic nitrogens is 2. The summed E-state index contributed by atoms with van der Waals surface area (Å²) in [7, 11) is 0. The lowest BCUT2D eigenvalue weighted by atomic mass is 10.1. The molecular formula is C12H12N3O3-. The minimum absolute atomic E-state index is 0.368. The SMILES string of the molecule is Cc1ccc2ncnc(N[C@@H](CO)C(=O)[O-])c2c1. The van der Waals surface area contributed by atoms with Crippen LogP contribution in [0.1, 0.15) is 5.56 Å². The molecule has 0 radical (unpaired) electrons. The molecule has 0 unspecified atom stereocenters. The van der Waals surface area contributed by atoms with Gasteiger partial charge in [-0.2, -0.15) is 0 Å². The second-order valence-corrected chi connectivity index (χ2v) is 3.94. The first-order valence-electron chi connectivity index (χ1n) is 5.41. The Labute approximate surface area is 103 Å². The summed E-state index contributed by atoms with van der Waals surface area (Å²) >= 11 is 0. The van der Waals surface area contributed by atoms with Crippen LogP contribution in [0.2, 0.25) is 0 Å². The highest BCUT2D eigenvalue weighted by atomic mass is 16.4. The van der Waals surface area contributed by atoms with Gasteiger partial charge in [0.15, 0.2) is 0 Å². The summed E-state index contributed by atoms with van der Waals surface area (Å²) in [4.78, 5) is 18.8. The summed E-state index contributed by atoms with van der Waals surface area (Å²) in [6, 6.07) is 4.39. The largest absolute Gasteiger partial charge is 0.548 e. The van der Waals surface area contributed by atoms with E-state index in [-0.39, 0.29) is 0 Å². The first kappa shape index (κ1) is 12.3.